The van der Waals surface area contributed by atoms with Gasteiger partial charge in [-0.1, -0.05) is 12.1 Å². The number of benzene rings is 2. The topological polar surface area (TPSA) is 218 Å². The van der Waals surface area contributed by atoms with Crippen LogP contribution >= 0.6 is 0 Å². The predicted molar refractivity (Wildman–Crippen MR) is 187 cm³/mol. The fraction of sp³-hybridized carbons (Fsp3) is 0.343. The number of nitrogens with one attached hydrogen (secondary N) is 2. The zero-order valence-electron chi connectivity index (χ0n) is 28.8. The second-order valence-electron chi connectivity index (χ2n) is 11.7. The molecular weight excluding hydrogens is 692 g/mol. The van der Waals surface area contributed by atoms with Gasteiger partial charge in [0.2, 0.25) is 11.8 Å². The molecule has 1 atom stereocenters. The van der Waals surface area contributed by atoms with Gasteiger partial charge in [-0.05, 0) is 30.7 Å². The summed E-state index contributed by atoms with van der Waals surface area (Å²) in [6, 6.07) is 11.1. The lowest BCUT2D eigenvalue weighted by atomic mass is 10.0. The minimum atomic E-state index is -1.03. The Kier molecular flexibility index (Phi) is 11.8. The molecule has 5 amide bonds. The Morgan fingerprint density at radius 1 is 0.962 bits per heavy atom. The normalized spacial score (nSPS) is 15.5. The highest BCUT2D eigenvalue weighted by Gasteiger charge is 2.45. The van der Waals surface area contributed by atoms with Crippen molar-refractivity contribution in [2.75, 3.05) is 70.3 Å². The quantitative estimate of drug-likeness (QED) is 0.0707. The maximum absolute atomic E-state index is 13.2. The number of nitrogens with zero attached hydrogens (tertiary/aromatic N) is 5. The summed E-state index contributed by atoms with van der Waals surface area (Å²) in [4.78, 5) is 77.5. The molecule has 2 aliphatic rings. The molecular formula is C35H38N8O10. The van der Waals surface area contributed by atoms with Gasteiger partial charge in [0.25, 0.3) is 17.7 Å². The van der Waals surface area contributed by atoms with Crippen molar-refractivity contribution in [3.05, 3.63) is 77.9 Å². The third-order valence-electron chi connectivity index (χ3n) is 8.39. The molecule has 278 valence electrons. The number of amides is 5. The van der Waals surface area contributed by atoms with Crippen LogP contribution in [0.1, 0.15) is 43.9 Å². The van der Waals surface area contributed by atoms with Crippen molar-refractivity contribution in [3.63, 3.8) is 0 Å². The Morgan fingerprint density at radius 3 is 2.43 bits per heavy atom. The minimum absolute atomic E-state index is 0.0514. The smallest absolute Gasteiger partial charge is 0.264 e. The van der Waals surface area contributed by atoms with Crippen LogP contribution in [0.4, 0.5) is 17.2 Å². The number of hydrogen-bond acceptors (Lipinski definition) is 14. The van der Waals surface area contributed by atoms with Crippen LogP contribution in [0.15, 0.2) is 61.2 Å². The van der Waals surface area contributed by atoms with Crippen LogP contribution in [0, 0.1) is 0 Å². The number of anilines is 3. The SMILES string of the molecule is COc1cccc(N(OCCOCCOCCOCCNc2cccc3c2C(=O)N(C2CCC(=O)NC2=O)C3=O)c2cnc3c(C(N)=O)cncn23)c1. The number of nitrogens with two attached hydrogens (primary N) is 1. The first-order valence-corrected chi connectivity index (χ1v) is 16.8. The Bertz CT molecular complexity index is 2000. The van der Waals surface area contributed by atoms with Gasteiger partial charge in [-0.15, -0.1) is 0 Å². The Balaban J connectivity index is 0.891. The van der Waals surface area contributed by atoms with Crippen molar-refractivity contribution >= 4 is 52.4 Å². The summed E-state index contributed by atoms with van der Waals surface area (Å²) < 4.78 is 23.9. The number of carbonyl (C=O) groups excluding carboxylic acids is 5. The summed E-state index contributed by atoms with van der Waals surface area (Å²) in [5.74, 6) is -1.79. The van der Waals surface area contributed by atoms with Crippen LogP contribution < -0.4 is 26.2 Å². The standard InChI is InChI=1S/C35H38N8O10/c1-49-23-5-2-4-22(18-23)43(29-20-39-32-25(31(36)45)19-37-21-41(29)32)53-17-16-52-15-14-51-13-12-50-11-10-38-26-7-3-6-24-30(26)35(48)42(34(24)47)27-8-9-28(44)40-33(27)46/h2-7,18-21,27,38H,8-17H2,1H3,(H2,36,45)(H,40,44,46). The number of methoxy groups -OCH3 is 1. The fourth-order valence-electron chi connectivity index (χ4n) is 5.88. The second kappa shape index (κ2) is 17.0. The molecule has 0 saturated carbocycles. The van der Waals surface area contributed by atoms with Gasteiger partial charge in [0, 0.05) is 30.9 Å². The summed E-state index contributed by atoms with van der Waals surface area (Å²) in [7, 11) is 1.56. The van der Waals surface area contributed by atoms with E-state index in [0.717, 1.165) is 4.90 Å². The maximum Gasteiger partial charge on any atom is 0.264 e. The van der Waals surface area contributed by atoms with E-state index >= 15 is 0 Å². The van der Waals surface area contributed by atoms with E-state index in [-0.39, 0.29) is 42.7 Å². The van der Waals surface area contributed by atoms with Gasteiger partial charge in [-0.2, -0.15) is 0 Å². The average molecular weight is 731 g/mol. The molecule has 1 unspecified atom stereocenters. The van der Waals surface area contributed by atoms with E-state index in [4.69, 9.17) is 29.5 Å². The highest BCUT2D eigenvalue weighted by molar-refractivity contribution is 6.25. The number of imidazole rings is 1. The number of hydrogen-bond donors (Lipinski definition) is 3. The van der Waals surface area contributed by atoms with E-state index in [1.807, 2.05) is 12.1 Å². The number of rotatable bonds is 19. The van der Waals surface area contributed by atoms with Crippen molar-refractivity contribution in [3.8, 4) is 5.75 Å². The monoisotopic (exact) mass is 730 g/mol. The Labute approximate surface area is 303 Å². The van der Waals surface area contributed by atoms with Crippen LogP contribution in [-0.4, -0.2) is 115 Å². The van der Waals surface area contributed by atoms with Crippen LogP contribution in [0.25, 0.3) is 5.65 Å². The zero-order chi connectivity index (χ0) is 37.3. The first-order chi connectivity index (χ1) is 25.8. The highest BCUT2D eigenvalue weighted by atomic mass is 16.7. The van der Waals surface area contributed by atoms with Crippen molar-refractivity contribution in [1.29, 1.82) is 0 Å². The van der Waals surface area contributed by atoms with Crippen LogP contribution in [-0.2, 0) is 28.6 Å². The number of fused-ring (bicyclic) bond motifs is 2. The molecule has 0 radical (unpaired) electrons. The van der Waals surface area contributed by atoms with Crippen molar-refractivity contribution in [1.82, 2.24) is 24.6 Å². The molecule has 53 heavy (non-hydrogen) atoms. The van der Waals surface area contributed by atoms with Gasteiger partial charge in [0.05, 0.1) is 76.4 Å². The predicted octanol–water partition coefficient (Wildman–Crippen LogP) is 1.47. The van der Waals surface area contributed by atoms with E-state index in [1.165, 1.54) is 12.5 Å². The van der Waals surface area contributed by atoms with E-state index in [0.29, 0.717) is 68.2 Å². The summed E-state index contributed by atoms with van der Waals surface area (Å²) >= 11 is 0. The van der Waals surface area contributed by atoms with Gasteiger partial charge in [0.15, 0.2) is 11.5 Å². The van der Waals surface area contributed by atoms with Crippen molar-refractivity contribution in [2.45, 2.75) is 18.9 Å². The van der Waals surface area contributed by atoms with E-state index < -0.39 is 35.6 Å². The van der Waals surface area contributed by atoms with Gasteiger partial charge in [-0.3, -0.25) is 43.4 Å². The largest absolute Gasteiger partial charge is 0.497 e. The Morgan fingerprint density at radius 2 is 1.70 bits per heavy atom. The third-order valence-corrected chi connectivity index (χ3v) is 8.39. The molecule has 4 aromatic rings. The fourth-order valence-corrected chi connectivity index (χ4v) is 5.88. The molecule has 18 nitrogen and oxygen atoms in total. The number of carbonyl (C=O) groups is 5. The highest BCUT2D eigenvalue weighted by Crippen LogP contribution is 2.33. The zero-order valence-corrected chi connectivity index (χ0v) is 28.8. The van der Waals surface area contributed by atoms with E-state index in [2.05, 4.69) is 20.6 Å². The van der Waals surface area contributed by atoms with Crippen LogP contribution in [0.3, 0.4) is 0 Å². The summed E-state index contributed by atoms with van der Waals surface area (Å²) in [6.45, 7) is 2.35. The summed E-state index contributed by atoms with van der Waals surface area (Å²) in [5.41, 5.74) is 7.49. The summed E-state index contributed by atoms with van der Waals surface area (Å²) in [6.07, 6.45) is 4.55. The number of primary amides is 1. The van der Waals surface area contributed by atoms with Gasteiger partial charge in [0.1, 0.15) is 23.7 Å². The lowest BCUT2D eigenvalue weighted by molar-refractivity contribution is -0.136. The van der Waals surface area contributed by atoms with Crippen LogP contribution in [0.5, 0.6) is 5.75 Å². The molecule has 2 aromatic carbocycles. The first-order valence-electron chi connectivity index (χ1n) is 16.8. The van der Waals surface area contributed by atoms with Gasteiger partial charge in [-0.25, -0.2) is 15.0 Å². The molecule has 6 rings (SSSR count). The number of aromatic nitrogens is 3. The number of imide groups is 2. The molecule has 0 aliphatic carbocycles. The molecule has 1 fully saturated rings. The lowest BCUT2D eigenvalue weighted by Crippen LogP contribution is -2.54. The second-order valence-corrected chi connectivity index (χ2v) is 11.7. The van der Waals surface area contributed by atoms with E-state index in [9.17, 15) is 24.0 Å². The third kappa shape index (κ3) is 8.25. The van der Waals surface area contributed by atoms with Crippen molar-refractivity contribution in [2.24, 2.45) is 5.73 Å². The molecule has 4 heterocycles. The average Bonchev–Trinajstić information content (AvgIpc) is 3.70. The number of piperidine rings is 1. The molecule has 4 N–H and O–H groups in total. The molecule has 18 heteroatoms. The molecule has 2 aromatic heterocycles. The molecule has 2 aliphatic heterocycles. The molecule has 1 saturated heterocycles. The Hall–Kier alpha value is -5.95. The van der Waals surface area contributed by atoms with Gasteiger partial charge >= 0.3 is 0 Å². The van der Waals surface area contributed by atoms with Crippen molar-refractivity contribution < 1.29 is 47.8 Å². The molecule has 0 bridgehead atoms. The molecule has 0 spiro atoms. The van der Waals surface area contributed by atoms with Gasteiger partial charge < -0.3 is 30.0 Å². The summed E-state index contributed by atoms with van der Waals surface area (Å²) in [5, 5.41) is 6.86. The minimum Gasteiger partial charge on any atom is -0.497 e. The number of ether oxygens (including phenoxy) is 4. The lowest BCUT2D eigenvalue weighted by Gasteiger charge is -2.27. The van der Waals surface area contributed by atoms with E-state index in [1.54, 1.807) is 53.1 Å². The maximum atomic E-state index is 13.2. The van der Waals surface area contributed by atoms with Crippen LogP contribution in [0.2, 0.25) is 0 Å². The first kappa shape index (κ1) is 36.8.